The van der Waals surface area contributed by atoms with Gasteiger partial charge in [0.2, 0.25) is 20.2 Å². The summed E-state index contributed by atoms with van der Waals surface area (Å²) in [6, 6.07) is 7.48. The second kappa shape index (κ2) is 7.28. The van der Waals surface area contributed by atoms with E-state index >= 15 is 0 Å². The van der Waals surface area contributed by atoms with E-state index in [9.17, 15) is 23.3 Å². The van der Waals surface area contributed by atoms with Crippen LogP contribution in [0.15, 0.2) is 49.7 Å². The van der Waals surface area contributed by atoms with E-state index in [1.54, 1.807) is 19.1 Å². The molecule has 31 heavy (non-hydrogen) atoms. The molecule has 158 valence electrons. The van der Waals surface area contributed by atoms with Crippen LogP contribution in [0.3, 0.4) is 0 Å². The number of nitrogens with one attached hydrogen (secondary N) is 1. The standard InChI is InChI=1S/C18H13N5O6S2/c1-9-3-4-10(23(25)26)7-12(9)14-6-5-11(29-14)8-13-15(19)22-17(20-16(13)24)30-21-18(22)31(2,27)28/h3-8,19H,1-2H3/b13-8-,19-15?. The Morgan fingerprint density at radius 3 is 2.71 bits per heavy atom. The predicted octanol–water partition coefficient (Wildman–Crippen LogP) is 2.78. The summed E-state index contributed by atoms with van der Waals surface area (Å²) < 4.78 is 33.4. The molecule has 0 aliphatic carbocycles. The number of sulfone groups is 1. The molecule has 0 unspecified atom stereocenters. The van der Waals surface area contributed by atoms with E-state index in [1.807, 2.05) is 0 Å². The zero-order chi connectivity index (χ0) is 22.5. The van der Waals surface area contributed by atoms with Gasteiger partial charge in [-0.25, -0.2) is 13.3 Å². The van der Waals surface area contributed by atoms with Crippen molar-refractivity contribution in [3.63, 3.8) is 0 Å². The van der Waals surface area contributed by atoms with Crippen LogP contribution in [0.1, 0.15) is 11.3 Å². The number of aliphatic imine (C=N–C) groups is 1. The molecule has 1 aromatic heterocycles. The van der Waals surface area contributed by atoms with Crippen molar-refractivity contribution in [2.75, 3.05) is 6.26 Å². The first-order valence-electron chi connectivity index (χ1n) is 8.60. The van der Waals surface area contributed by atoms with E-state index in [1.165, 1.54) is 24.3 Å². The number of amidine groups is 3. The average molecular weight is 459 g/mol. The molecule has 0 fully saturated rings. The van der Waals surface area contributed by atoms with E-state index in [0.29, 0.717) is 23.3 Å². The Hall–Kier alpha value is -3.58. The summed E-state index contributed by atoms with van der Waals surface area (Å²) in [6.45, 7) is 1.77. The Labute approximate surface area is 179 Å². The van der Waals surface area contributed by atoms with Crippen LogP contribution < -0.4 is 0 Å². The Balaban J connectivity index is 1.71. The third-order valence-electron chi connectivity index (χ3n) is 4.44. The average Bonchev–Trinajstić information content (AvgIpc) is 3.32. The number of carbonyl (C=O) groups is 1. The number of nitro benzene ring substituents is 1. The normalized spacial score (nSPS) is 17.6. The minimum absolute atomic E-state index is 0.0140. The van der Waals surface area contributed by atoms with Crippen molar-refractivity contribution < 1.29 is 22.6 Å². The zero-order valence-corrected chi connectivity index (χ0v) is 17.7. The lowest BCUT2D eigenvalue weighted by Crippen LogP contribution is -2.45. The second-order valence-corrected chi connectivity index (χ2v) is 9.28. The number of carbonyl (C=O) groups excluding carboxylic acids is 1. The molecule has 13 heteroatoms. The maximum absolute atomic E-state index is 12.4. The van der Waals surface area contributed by atoms with Crippen LogP contribution in [0, 0.1) is 22.4 Å². The topological polar surface area (TPSA) is 159 Å². The molecule has 1 amide bonds. The molecule has 0 saturated heterocycles. The summed E-state index contributed by atoms with van der Waals surface area (Å²) in [4.78, 5) is 27.7. The number of nitro groups is 1. The van der Waals surface area contributed by atoms with Crippen molar-refractivity contribution in [2.45, 2.75) is 6.92 Å². The fourth-order valence-corrected chi connectivity index (χ4v) is 4.79. The van der Waals surface area contributed by atoms with Crippen molar-refractivity contribution in [1.82, 2.24) is 4.90 Å². The van der Waals surface area contributed by atoms with Gasteiger partial charge < -0.3 is 4.42 Å². The van der Waals surface area contributed by atoms with Gasteiger partial charge in [0.05, 0.1) is 22.4 Å². The van der Waals surface area contributed by atoms with Crippen LogP contribution in [0.5, 0.6) is 0 Å². The first-order valence-corrected chi connectivity index (χ1v) is 11.3. The Kier molecular flexibility index (Phi) is 4.86. The molecule has 0 saturated carbocycles. The third kappa shape index (κ3) is 3.68. The maximum Gasteiger partial charge on any atom is 0.283 e. The first-order chi connectivity index (χ1) is 14.6. The molecule has 0 radical (unpaired) electrons. The quantitative estimate of drug-likeness (QED) is 0.317. The van der Waals surface area contributed by atoms with E-state index in [-0.39, 0.29) is 27.4 Å². The lowest BCUT2D eigenvalue weighted by Gasteiger charge is -2.23. The smallest absolute Gasteiger partial charge is 0.283 e. The third-order valence-corrected chi connectivity index (χ3v) is 6.19. The summed E-state index contributed by atoms with van der Waals surface area (Å²) in [5.41, 5.74) is 0.978. The highest BCUT2D eigenvalue weighted by molar-refractivity contribution is 8.16. The molecule has 0 spiro atoms. The maximum atomic E-state index is 12.4. The number of furan rings is 1. The molecule has 2 aromatic rings. The summed E-state index contributed by atoms with van der Waals surface area (Å²) in [6.07, 6.45) is 2.21. The van der Waals surface area contributed by atoms with Crippen LogP contribution >= 0.6 is 11.9 Å². The number of hydrogen-bond acceptors (Lipinski definition) is 9. The number of aryl methyl sites for hydroxylation is 1. The van der Waals surface area contributed by atoms with E-state index in [0.717, 1.165) is 16.7 Å². The summed E-state index contributed by atoms with van der Waals surface area (Å²) in [5.74, 6) is -0.605. The number of hydrogen-bond donors (Lipinski definition) is 1. The molecule has 1 N–H and O–H groups in total. The van der Waals surface area contributed by atoms with Gasteiger partial charge in [-0.15, -0.1) is 0 Å². The molecule has 2 aliphatic heterocycles. The molecule has 11 nitrogen and oxygen atoms in total. The number of rotatable bonds is 3. The Morgan fingerprint density at radius 2 is 2.03 bits per heavy atom. The lowest BCUT2D eigenvalue weighted by atomic mass is 10.1. The van der Waals surface area contributed by atoms with Crippen molar-refractivity contribution >= 4 is 55.6 Å². The lowest BCUT2D eigenvalue weighted by molar-refractivity contribution is -0.384. The zero-order valence-electron chi connectivity index (χ0n) is 16.0. The number of nitrogens with zero attached hydrogens (tertiary/aromatic N) is 4. The monoisotopic (exact) mass is 459 g/mol. The van der Waals surface area contributed by atoms with Gasteiger partial charge in [0.1, 0.15) is 17.4 Å². The second-order valence-electron chi connectivity index (χ2n) is 6.64. The summed E-state index contributed by atoms with van der Waals surface area (Å²) in [7, 11) is -3.75. The van der Waals surface area contributed by atoms with E-state index in [4.69, 9.17) is 9.83 Å². The van der Waals surface area contributed by atoms with Crippen molar-refractivity contribution in [3.8, 4) is 11.3 Å². The van der Waals surface area contributed by atoms with Crippen molar-refractivity contribution in [2.24, 2.45) is 9.39 Å². The first kappa shape index (κ1) is 20.7. The predicted molar refractivity (Wildman–Crippen MR) is 115 cm³/mol. The number of benzene rings is 1. The van der Waals surface area contributed by atoms with Crippen LogP contribution in [0.25, 0.3) is 17.4 Å². The summed E-state index contributed by atoms with van der Waals surface area (Å²) in [5, 5.41) is 19.0. The van der Waals surface area contributed by atoms with Gasteiger partial charge in [0, 0.05) is 24.0 Å². The Bertz CT molecular complexity index is 1370. The largest absolute Gasteiger partial charge is 0.457 e. The van der Waals surface area contributed by atoms with Crippen LogP contribution in [-0.4, -0.2) is 46.6 Å². The van der Waals surface area contributed by atoms with Crippen LogP contribution in [0.4, 0.5) is 5.69 Å². The van der Waals surface area contributed by atoms with Gasteiger partial charge in [0.25, 0.3) is 11.6 Å². The molecular formula is C18H13N5O6S2. The van der Waals surface area contributed by atoms with E-state index < -0.39 is 26.5 Å². The van der Waals surface area contributed by atoms with Crippen molar-refractivity contribution in [1.29, 1.82) is 5.41 Å². The van der Waals surface area contributed by atoms with Gasteiger partial charge in [-0.3, -0.25) is 20.3 Å². The molecule has 0 atom stereocenters. The summed E-state index contributed by atoms with van der Waals surface area (Å²) >= 11 is 0.701. The molecular weight excluding hydrogens is 446 g/mol. The number of amides is 1. The fraction of sp³-hybridized carbons (Fsp3) is 0.111. The number of non-ortho nitro benzene ring substituents is 1. The highest BCUT2D eigenvalue weighted by Gasteiger charge is 2.41. The Morgan fingerprint density at radius 1 is 1.29 bits per heavy atom. The molecule has 1 aromatic carbocycles. The minimum atomic E-state index is -3.75. The van der Waals surface area contributed by atoms with Gasteiger partial charge >= 0.3 is 0 Å². The molecule has 3 heterocycles. The molecule has 2 aliphatic rings. The van der Waals surface area contributed by atoms with Crippen LogP contribution in [-0.2, 0) is 14.6 Å². The van der Waals surface area contributed by atoms with E-state index in [2.05, 4.69) is 9.39 Å². The fourth-order valence-electron chi connectivity index (χ4n) is 2.94. The number of fused-ring (bicyclic) bond motifs is 1. The van der Waals surface area contributed by atoms with Crippen LogP contribution in [0.2, 0.25) is 0 Å². The highest BCUT2D eigenvalue weighted by Crippen LogP contribution is 2.32. The van der Waals surface area contributed by atoms with Gasteiger partial charge in [-0.05, 0) is 30.7 Å². The van der Waals surface area contributed by atoms with Gasteiger partial charge in [-0.1, -0.05) is 6.07 Å². The minimum Gasteiger partial charge on any atom is -0.457 e. The van der Waals surface area contributed by atoms with Gasteiger partial charge in [0.15, 0.2) is 0 Å². The molecule has 4 rings (SSSR count). The highest BCUT2D eigenvalue weighted by atomic mass is 32.2. The van der Waals surface area contributed by atoms with Gasteiger partial charge in [-0.2, -0.15) is 9.39 Å². The van der Waals surface area contributed by atoms with Crippen molar-refractivity contribution in [3.05, 3.63) is 57.3 Å². The molecule has 0 bridgehead atoms. The SMILES string of the molecule is Cc1ccc([N+](=O)[O-])cc1-c1ccc(/C=C2/C(=N)N3C(=NC2=O)SN=C3S(C)(=O)=O)o1.